The van der Waals surface area contributed by atoms with Crippen LogP contribution in [0.5, 0.6) is 0 Å². The molecule has 7 nitrogen and oxygen atoms in total. The van der Waals surface area contributed by atoms with E-state index >= 15 is 0 Å². The Labute approximate surface area is 226 Å². The molecule has 6 rings (SSSR count). The molecule has 2 aliphatic heterocycles. The zero-order valence-corrected chi connectivity index (χ0v) is 21.2. The van der Waals surface area contributed by atoms with Gasteiger partial charge in [0.2, 0.25) is 0 Å². The van der Waals surface area contributed by atoms with Crippen molar-refractivity contribution < 1.29 is 14.5 Å². The van der Waals surface area contributed by atoms with Gasteiger partial charge in [0.25, 0.3) is 5.69 Å². The molecule has 0 saturated heterocycles. The number of anilines is 1. The van der Waals surface area contributed by atoms with Gasteiger partial charge < -0.3 is 15.0 Å². The maximum Gasteiger partial charge on any atom is 0.407 e. The molecule has 1 amide bonds. The summed E-state index contributed by atoms with van der Waals surface area (Å²) in [5.74, 6) is 0. The number of benzene rings is 4. The Hall–Kier alpha value is -4.91. The fourth-order valence-electron chi connectivity index (χ4n) is 5.57. The summed E-state index contributed by atoms with van der Waals surface area (Å²) in [7, 11) is 0. The van der Waals surface area contributed by atoms with Gasteiger partial charge in [-0.25, -0.2) is 4.79 Å². The molecule has 39 heavy (non-hydrogen) atoms. The number of non-ortho nitro benzene ring substituents is 1. The van der Waals surface area contributed by atoms with Crippen molar-refractivity contribution in [3.05, 3.63) is 147 Å². The Balaban J connectivity index is 1.38. The molecule has 0 aliphatic carbocycles. The molecule has 7 heteroatoms. The maximum atomic E-state index is 13.0. The molecule has 0 unspecified atom stereocenters. The van der Waals surface area contributed by atoms with Crippen LogP contribution >= 0.6 is 0 Å². The number of para-hydroxylation sites is 1. The van der Waals surface area contributed by atoms with Crippen molar-refractivity contribution in [2.24, 2.45) is 0 Å². The summed E-state index contributed by atoms with van der Waals surface area (Å²) in [5.41, 5.74) is 7.36. The molecular formula is C32H27N3O4. The van der Waals surface area contributed by atoms with Crippen molar-refractivity contribution in [3.8, 4) is 0 Å². The Morgan fingerprint density at radius 3 is 2.36 bits per heavy atom. The second kappa shape index (κ2) is 10.5. The highest BCUT2D eigenvalue weighted by atomic mass is 16.6. The number of nitro benzene ring substituents is 1. The normalized spacial score (nSPS) is 17.5. The van der Waals surface area contributed by atoms with Crippen molar-refractivity contribution in [2.75, 3.05) is 4.90 Å². The average Bonchev–Trinajstić information content (AvgIpc) is 2.98. The van der Waals surface area contributed by atoms with Crippen molar-refractivity contribution in [2.45, 2.75) is 31.5 Å². The molecule has 0 fully saturated rings. The average molecular weight is 518 g/mol. The summed E-state index contributed by atoms with van der Waals surface area (Å²) >= 11 is 0. The number of nitrogens with zero attached hydrogens (tertiary/aromatic N) is 2. The second-order valence-corrected chi connectivity index (χ2v) is 9.74. The summed E-state index contributed by atoms with van der Waals surface area (Å²) in [4.78, 5) is 26.2. The highest BCUT2D eigenvalue weighted by Crippen LogP contribution is 2.51. The van der Waals surface area contributed by atoms with Gasteiger partial charge in [-0.2, -0.15) is 0 Å². The van der Waals surface area contributed by atoms with Crippen molar-refractivity contribution in [1.29, 1.82) is 0 Å². The topological polar surface area (TPSA) is 84.7 Å². The van der Waals surface area contributed by atoms with Crippen LogP contribution in [0.1, 0.15) is 46.3 Å². The van der Waals surface area contributed by atoms with Gasteiger partial charge in [-0.1, -0.05) is 97.1 Å². The Bertz CT molecular complexity index is 1540. The van der Waals surface area contributed by atoms with Crippen LogP contribution in [0.15, 0.2) is 109 Å². The first-order valence-electron chi connectivity index (χ1n) is 13.0. The molecule has 2 heterocycles. The molecule has 0 aromatic heterocycles. The number of nitrogens with one attached hydrogen (secondary N) is 1. The molecule has 0 bridgehead atoms. The van der Waals surface area contributed by atoms with Crippen LogP contribution in [0.25, 0.3) is 5.70 Å². The fourth-order valence-corrected chi connectivity index (χ4v) is 5.57. The number of carbonyl (C=O) groups is 1. The molecular weight excluding hydrogens is 490 g/mol. The molecule has 0 saturated carbocycles. The quantitative estimate of drug-likeness (QED) is 0.218. The highest BCUT2D eigenvalue weighted by Gasteiger charge is 2.39. The van der Waals surface area contributed by atoms with Gasteiger partial charge in [0, 0.05) is 17.8 Å². The molecule has 2 atom stereocenters. The van der Waals surface area contributed by atoms with Crippen LogP contribution in [0.2, 0.25) is 0 Å². The van der Waals surface area contributed by atoms with E-state index in [0.717, 1.165) is 40.1 Å². The third-order valence-corrected chi connectivity index (χ3v) is 7.38. The predicted octanol–water partition coefficient (Wildman–Crippen LogP) is 7.11. The number of amides is 1. The number of rotatable bonds is 6. The zero-order chi connectivity index (χ0) is 26.8. The maximum absolute atomic E-state index is 13.0. The van der Waals surface area contributed by atoms with Gasteiger partial charge in [0.05, 0.1) is 22.7 Å². The number of hydrogen-bond donors (Lipinski definition) is 1. The minimum atomic E-state index is -0.480. The van der Waals surface area contributed by atoms with Crippen LogP contribution < -0.4 is 10.2 Å². The number of hydrogen-bond acceptors (Lipinski definition) is 5. The van der Waals surface area contributed by atoms with E-state index in [4.69, 9.17) is 4.74 Å². The first kappa shape index (κ1) is 24.4. The van der Waals surface area contributed by atoms with Crippen molar-refractivity contribution in [1.82, 2.24) is 5.32 Å². The van der Waals surface area contributed by atoms with E-state index in [9.17, 15) is 14.9 Å². The van der Waals surface area contributed by atoms with Gasteiger partial charge in [0.15, 0.2) is 0 Å². The number of allylic oxidation sites excluding steroid dienone is 1. The van der Waals surface area contributed by atoms with Gasteiger partial charge in [-0.3, -0.25) is 10.1 Å². The van der Waals surface area contributed by atoms with Gasteiger partial charge in [-0.05, 0) is 40.7 Å². The Morgan fingerprint density at radius 1 is 0.923 bits per heavy atom. The Kier molecular flexibility index (Phi) is 6.55. The van der Waals surface area contributed by atoms with Crippen LogP contribution in [-0.2, 0) is 17.8 Å². The third kappa shape index (κ3) is 4.86. The van der Waals surface area contributed by atoms with E-state index in [-0.39, 0.29) is 29.3 Å². The van der Waals surface area contributed by atoms with E-state index in [2.05, 4.69) is 40.6 Å². The zero-order valence-electron chi connectivity index (χ0n) is 21.2. The van der Waals surface area contributed by atoms with E-state index < -0.39 is 6.09 Å². The molecule has 1 N–H and O–H groups in total. The lowest BCUT2D eigenvalue weighted by molar-refractivity contribution is -0.384. The lowest BCUT2D eigenvalue weighted by Gasteiger charge is -2.46. The van der Waals surface area contributed by atoms with Crippen LogP contribution in [0, 0.1) is 10.1 Å². The van der Waals surface area contributed by atoms with Crippen molar-refractivity contribution >= 4 is 23.2 Å². The van der Waals surface area contributed by atoms with E-state index in [1.807, 2.05) is 66.7 Å². The highest BCUT2D eigenvalue weighted by molar-refractivity contribution is 5.87. The fraction of sp³-hybridized carbons (Fsp3) is 0.156. The standard InChI is InChI=1S/C32H27N3O4/c36-32(39-21-22-8-3-1-4-9-22)33-28-20-30(24-14-17-26(18-15-24)35(37)38)34-29(23-10-5-2-6-11-23)19-16-25-12-7-13-27(28)31(25)34/h1-15,17-19,28,30H,16,20-21H2,(H,33,36)/t28-,30-/m0/s1. The molecule has 0 spiro atoms. The third-order valence-electron chi connectivity index (χ3n) is 7.38. The van der Waals surface area contributed by atoms with Gasteiger partial charge in [-0.15, -0.1) is 0 Å². The lowest BCUT2D eigenvalue weighted by atomic mass is 9.82. The monoisotopic (exact) mass is 517 g/mol. The number of nitro groups is 1. The van der Waals surface area contributed by atoms with E-state index in [1.54, 1.807) is 12.1 Å². The largest absolute Gasteiger partial charge is 0.445 e. The number of carbonyl (C=O) groups excluding carboxylic acids is 1. The minimum Gasteiger partial charge on any atom is -0.445 e. The first-order chi connectivity index (χ1) is 19.1. The van der Waals surface area contributed by atoms with Crippen LogP contribution in [-0.4, -0.2) is 11.0 Å². The summed E-state index contributed by atoms with van der Waals surface area (Å²) in [5, 5.41) is 14.4. The molecule has 194 valence electrons. The predicted molar refractivity (Wildman–Crippen MR) is 150 cm³/mol. The lowest BCUT2D eigenvalue weighted by Crippen LogP contribution is -2.41. The van der Waals surface area contributed by atoms with Crippen LogP contribution in [0.3, 0.4) is 0 Å². The molecule has 0 radical (unpaired) electrons. The van der Waals surface area contributed by atoms with Gasteiger partial charge >= 0.3 is 6.09 Å². The van der Waals surface area contributed by atoms with Crippen LogP contribution in [0.4, 0.5) is 16.2 Å². The number of ether oxygens (including phenoxy) is 1. The minimum absolute atomic E-state index is 0.0484. The first-order valence-corrected chi connectivity index (χ1v) is 13.0. The van der Waals surface area contributed by atoms with E-state index in [1.165, 1.54) is 5.56 Å². The van der Waals surface area contributed by atoms with Crippen molar-refractivity contribution in [3.63, 3.8) is 0 Å². The molecule has 2 aliphatic rings. The second-order valence-electron chi connectivity index (χ2n) is 9.74. The summed E-state index contributed by atoms with van der Waals surface area (Å²) in [6.45, 7) is 0.186. The molecule has 4 aromatic rings. The molecule has 4 aromatic carbocycles. The summed E-state index contributed by atoms with van der Waals surface area (Å²) < 4.78 is 5.57. The summed E-state index contributed by atoms with van der Waals surface area (Å²) in [6.07, 6.45) is 3.09. The Morgan fingerprint density at radius 2 is 1.64 bits per heavy atom. The SMILES string of the molecule is O=C(N[C@H]1C[C@@H](c2ccc([N+](=O)[O-])cc2)N2C(c3ccccc3)=CCc3cccc1c32)OCc1ccccc1. The smallest absolute Gasteiger partial charge is 0.407 e. The van der Waals surface area contributed by atoms with E-state index in [0.29, 0.717) is 6.42 Å². The van der Waals surface area contributed by atoms with Gasteiger partial charge in [0.1, 0.15) is 6.61 Å². The summed E-state index contributed by atoms with van der Waals surface area (Å²) in [6, 6.07) is 32.3. The number of alkyl carbamates (subject to hydrolysis) is 1.